The van der Waals surface area contributed by atoms with E-state index in [1.807, 2.05) is 6.07 Å². The van der Waals surface area contributed by atoms with Crippen LogP contribution in [-0.2, 0) is 14.2 Å². The van der Waals surface area contributed by atoms with Crippen LogP contribution >= 0.6 is 0 Å². The lowest BCUT2D eigenvalue weighted by Gasteiger charge is -2.28. The van der Waals surface area contributed by atoms with Crippen LogP contribution < -0.4 is 10.6 Å². The molecule has 0 unspecified atom stereocenters. The van der Waals surface area contributed by atoms with Crippen molar-refractivity contribution in [2.45, 2.75) is 52.7 Å². The molecule has 0 fully saturated rings. The van der Waals surface area contributed by atoms with Gasteiger partial charge in [0.1, 0.15) is 17.3 Å². The monoisotopic (exact) mass is 456 g/mol. The Kier molecular flexibility index (Phi) is 7.07. The van der Waals surface area contributed by atoms with Crippen molar-refractivity contribution in [3.63, 3.8) is 0 Å². The molecule has 2 amide bonds. The lowest BCUT2D eigenvalue weighted by atomic mass is 10.2. The molecule has 1 heterocycles. The average Bonchev–Trinajstić information content (AvgIpc) is 3.01. The van der Waals surface area contributed by atoms with E-state index >= 15 is 0 Å². The van der Waals surface area contributed by atoms with Gasteiger partial charge < -0.3 is 24.5 Å². The van der Waals surface area contributed by atoms with Crippen LogP contribution in [0.5, 0.6) is 0 Å². The zero-order valence-corrected chi connectivity index (χ0v) is 19.8. The highest BCUT2D eigenvalue weighted by atomic mass is 16.6. The van der Waals surface area contributed by atoms with Crippen LogP contribution in [0.1, 0.15) is 57.6 Å². The molecular weight excluding hydrogens is 428 g/mol. The van der Waals surface area contributed by atoms with Crippen molar-refractivity contribution < 1.29 is 28.6 Å². The van der Waals surface area contributed by atoms with Crippen molar-refractivity contribution in [1.29, 1.82) is 5.26 Å². The second-order valence-electron chi connectivity index (χ2n) is 9.09. The minimum atomic E-state index is -0.938. The number of carbonyl (C=O) groups excluding carboxylic acids is 3. The number of rotatable bonds is 3. The van der Waals surface area contributed by atoms with Gasteiger partial charge in [0.25, 0.3) is 0 Å². The molecule has 0 radical (unpaired) electrons. The highest BCUT2D eigenvalue weighted by molar-refractivity contribution is 6.09. The zero-order chi connectivity index (χ0) is 25.1. The fourth-order valence-electron chi connectivity index (χ4n) is 2.80. The quantitative estimate of drug-likeness (QED) is 0.530. The Labute approximate surface area is 192 Å². The summed E-state index contributed by atoms with van der Waals surface area (Å²) in [5.41, 5.74) is 4.64. The molecular formula is C23H28N4O6. The largest absolute Gasteiger partial charge is 0.464 e. The molecule has 10 heteroatoms. The number of amides is 2. The summed E-state index contributed by atoms with van der Waals surface area (Å²) in [7, 11) is 1.19. The predicted octanol–water partition coefficient (Wildman–Crippen LogP) is 4.39. The number of esters is 1. The lowest BCUT2D eigenvalue weighted by Crippen LogP contribution is -2.43. The molecule has 10 nitrogen and oxygen atoms in total. The number of anilines is 2. The first kappa shape index (κ1) is 25.3. The number of carbonyl (C=O) groups is 3. The number of ether oxygens (including phenoxy) is 3. The van der Waals surface area contributed by atoms with Gasteiger partial charge in [0.2, 0.25) is 0 Å². The van der Waals surface area contributed by atoms with Crippen LogP contribution in [0.3, 0.4) is 0 Å². The van der Waals surface area contributed by atoms with E-state index in [0.29, 0.717) is 5.69 Å². The minimum Gasteiger partial charge on any atom is -0.464 e. The predicted molar refractivity (Wildman–Crippen MR) is 121 cm³/mol. The Morgan fingerprint density at radius 3 is 2.03 bits per heavy atom. The number of benzene rings is 1. The number of methoxy groups -OCH3 is 1. The summed E-state index contributed by atoms with van der Waals surface area (Å²) in [5, 5.41) is 9.34. The molecule has 0 aliphatic rings. The van der Waals surface area contributed by atoms with E-state index in [1.54, 1.807) is 53.7 Å². The van der Waals surface area contributed by atoms with Crippen molar-refractivity contribution in [1.82, 2.24) is 4.57 Å². The molecule has 2 N–H and O–H groups in total. The van der Waals surface area contributed by atoms with Gasteiger partial charge in [0.05, 0.1) is 24.0 Å². The van der Waals surface area contributed by atoms with E-state index in [-0.39, 0.29) is 22.6 Å². The van der Waals surface area contributed by atoms with E-state index in [0.717, 1.165) is 4.90 Å². The second kappa shape index (κ2) is 9.24. The number of hydrogen-bond acceptors (Lipinski definition) is 8. The van der Waals surface area contributed by atoms with Gasteiger partial charge >= 0.3 is 18.2 Å². The maximum absolute atomic E-state index is 12.9. The van der Waals surface area contributed by atoms with Crippen molar-refractivity contribution in [3.05, 3.63) is 41.7 Å². The first-order valence-corrected chi connectivity index (χ1v) is 10.0. The number of nitrogens with zero attached hydrogens (tertiary/aromatic N) is 3. The van der Waals surface area contributed by atoms with E-state index < -0.39 is 29.4 Å². The molecule has 1 aromatic carbocycles. The summed E-state index contributed by atoms with van der Waals surface area (Å²) in [5.74, 6) is -0.754. The maximum Gasteiger partial charge on any atom is 0.424 e. The molecule has 0 aliphatic heterocycles. The highest BCUT2D eigenvalue weighted by Crippen LogP contribution is 2.28. The highest BCUT2D eigenvalue weighted by Gasteiger charge is 2.33. The van der Waals surface area contributed by atoms with Crippen molar-refractivity contribution in [2.75, 3.05) is 17.7 Å². The molecule has 0 saturated heterocycles. The van der Waals surface area contributed by atoms with Gasteiger partial charge in [-0.25, -0.2) is 14.4 Å². The molecule has 176 valence electrons. The van der Waals surface area contributed by atoms with Crippen LogP contribution in [0.15, 0.2) is 30.5 Å². The summed E-state index contributed by atoms with van der Waals surface area (Å²) in [6.45, 7) is 10.0. The molecule has 0 bridgehead atoms. The maximum atomic E-state index is 12.9. The topological polar surface area (TPSA) is 137 Å². The number of nitrogen functional groups attached to an aromatic ring is 1. The molecule has 2 aromatic rings. The van der Waals surface area contributed by atoms with Gasteiger partial charge in [-0.15, -0.1) is 0 Å². The SMILES string of the molecule is COC(=O)c1c(N)c(C#N)cn1-c1cccc(N(C(=O)OC(C)(C)C)C(=O)OC(C)(C)C)c1. The Morgan fingerprint density at radius 2 is 1.58 bits per heavy atom. The Balaban J connectivity index is 2.64. The first-order chi connectivity index (χ1) is 15.2. The second-order valence-corrected chi connectivity index (χ2v) is 9.09. The van der Waals surface area contributed by atoms with Gasteiger partial charge in [-0.1, -0.05) is 6.07 Å². The molecule has 1 aromatic heterocycles. The van der Waals surface area contributed by atoms with Gasteiger partial charge in [0.15, 0.2) is 5.69 Å². The van der Waals surface area contributed by atoms with Crippen molar-refractivity contribution in [3.8, 4) is 11.8 Å². The van der Waals surface area contributed by atoms with Crippen LogP contribution in [0, 0.1) is 11.3 Å². The van der Waals surface area contributed by atoms with E-state index in [9.17, 15) is 19.6 Å². The zero-order valence-electron chi connectivity index (χ0n) is 19.8. The molecule has 0 saturated carbocycles. The van der Waals surface area contributed by atoms with Gasteiger partial charge in [-0.3, -0.25) is 0 Å². The molecule has 0 aliphatic carbocycles. The standard InChI is InChI=1S/C23H28N4O6/c1-22(2,3)32-20(29)27(21(30)33-23(4,5)6)16-10-8-9-15(11-16)26-13-14(12-24)17(25)18(26)19(28)31-7/h8-11,13H,25H2,1-7H3. The van der Waals surface area contributed by atoms with E-state index in [4.69, 9.17) is 19.9 Å². The molecule has 0 atom stereocenters. The summed E-state index contributed by atoms with van der Waals surface area (Å²) >= 11 is 0. The smallest absolute Gasteiger partial charge is 0.424 e. The summed E-state index contributed by atoms with van der Waals surface area (Å²) in [6.07, 6.45) is -0.509. The fraction of sp³-hybridized carbons (Fsp3) is 0.391. The number of nitriles is 1. The summed E-state index contributed by atoms with van der Waals surface area (Å²) < 4.78 is 16.9. The molecule has 0 spiro atoms. The third-order valence-electron chi connectivity index (χ3n) is 4.06. The van der Waals surface area contributed by atoms with Crippen LogP contribution in [0.4, 0.5) is 21.0 Å². The van der Waals surface area contributed by atoms with Crippen LogP contribution in [0.25, 0.3) is 5.69 Å². The average molecular weight is 456 g/mol. The van der Waals surface area contributed by atoms with Crippen molar-refractivity contribution >= 4 is 29.5 Å². The molecule has 33 heavy (non-hydrogen) atoms. The normalized spacial score (nSPS) is 11.3. The first-order valence-electron chi connectivity index (χ1n) is 10.0. The van der Waals surface area contributed by atoms with Crippen molar-refractivity contribution in [2.24, 2.45) is 0 Å². The third-order valence-corrected chi connectivity index (χ3v) is 4.06. The van der Waals surface area contributed by atoms with Crippen LogP contribution in [0.2, 0.25) is 0 Å². The lowest BCUT2D eigenvalue weighted by molar-refractivity contribution is 0.0429. The van der Waals surface area contributed by atoms with Gasteiger partial charge in [-0.05, 0) is 59.7 Å². The van der Waals surface area contributed by atoms with Crippen LogP contribution in [-0.4, -0.2) is 41.0 Å². The van der Waals surface area contributed by atoms with Gasteiger partial charge in [0, 0.05) is 11.9 Å². The number of imide groups is 1. The van der Waals surface area contributed by atoms with Gasteiger partial charge in [-0.2, -0.15) is 10.2 Å². The fourth-order valence-corrected chi connectivity index (χ4v) is 2.80. The number of hydrogen-bond donors (Lipinski definition) is 1. The number of aromatic nitrogens is 1. The number of nitrogens with two attached hydrogens (primary N) is 1. The van der Waals surface area contributed by atoms with E-state index in [1.165, 1.54) is 30.0 Å². The van der Waals surface area contributed by atoms with E-state index in [2.05, 4.69) is 0 Å². The minimum absolute atomic E-state index is 0.0501. The summed E-state index contributed by atoms with van der Waals surface area (Å²) in [6, 6.07) is 8.06. The Morgan fingerprint density at radius 1 is 1.03 bits per heavy atom. The third kappa shape index (κ3) is 6.04. The summed E-state index contributed by atoms with van der Waals surface area (Å²) in [4.78, 5) is 38.9. The Bertz CT molecular complexity index is 1090. The molecule has 2 rings (SSSR count). The Hall–Kier alpha value is -4.00.